The highest BCUT2D eigenvalue weighted by atomic mass is 32.1. The Morgan fingerprint density at radius 2 is 2.50 bits per heavy atom. The van der Waals surface area contributed by atoms with Crippen molar-refractivity contribution in [3.8, 4) is 0 Å². The van der Waals surface area contributed by atoms with E-state index in [0.717, 1.165) is 25.2 Å². The number of hydrogen-bond donors (Lipinski definition) is 1. The summed E-state index contributed by atoms with van der Waals surface area (Å²) in [5, 5.41) is 4.16. The van der Waals surface area contributed by atoms with E-state index in [9.17, 15) is 0 Å². The standard InChI is InChI=1S/C9H14N2S/c1-2-3-9(10)11-6-8-4-5-12-7-8/h4-5,7H,2-3,6H2,1H3,(H2,10,11). The third-order valence-corrected chi connectivity index (χ3v) is 2.28. The molecule has 0 amide bonds. The van der Waals surface area contributed by atoms with E-state index < -0.39 is 0 Å². The summed E-state index contributed by atoms with van der Waals surface area (Å²) in [6.45, 7) is 2.84. The highest BCUT2D eigenvalue weighted by Crippen LogP contribution is 2.06. The average Bonchev–Trinajstić information content (AvgIpc) is 2.53. The largest absolute Gasteiger partial charge is 0.387 e. The Labute approximate surface area is 77.1 Å². The molecule has 1 aromatic heterocycles. The Kier molecular flexibility index (Phi) is 3.80. The van der Waals surface area contributed by atoms with Crippen LogP contribution < -0.4 is 5.73 Å². The molecular formula is C9H14N2S. The van der Waals surface area contributed by atoms with Gasteiger partial charge in [-0.1, -0.05) is 6.92 Å². The molecule has 12 heavy (non-hydrogen) atoms. The lowest BCUT2D eigenvalue weighted by Gasteiger charge is -1.96. The predicted molar refractivity (Wildman–Crippen MR) is 54.6 cm³/mol. The second-order valence-electron chi connectivity index (χ2n) is 2.69. The number of thiophene rings is 1. The van der Waals surface area contributed by atoms with E-state index in [1.165, 1.54) is 5.56 Å². The van der Waals surface area contributed by atoms with Gasteiger partial charge in [0, 0.05) is 6.42 Å². The number of nitrogens with zero attached hydrogens (tertiary/aromatic N) is 1. The fourth-order valence-corrected chi connectivity index (χ4v) is 1.57. The minimum Gasteiger partial charge on any atom is -0.387 e. The van der Waals surface area contributed by atoms with Gasteiger partial charge >= 0.3 is 0 Å². The SMILES string of the molecule is CCCC(N)=NCc1ccsc1. The topological polar surface area (TPSA) is 38.4 Å². The van der Waals surface area contributed by atoms with Crippen LogP contribution in [0.5, 0.6) is 0 Å². The van der Waals surface area contributed by atoms with Crippen LogP contribution >= 0.6 is 11.3 Å². The molecule has 0 unspecified atom stereocenters. The van der Waals surface area contributed by atoms with Crippen molar-refractivity contribution >= 4 is 17.2 Å². The molecule has 0 atom stereocenters. The van der Waals surface area contributed by atoms with Crippen LogP contribution in [0.2, 0.25) is 0 Å². The summed E-state index contributed by atoms with van der Waals surface area (Å²) in [6, 6.07) is 2.08. The first-order valence-electron chi connectivity index (χ1n) is 4.12. The molecule has 0 aromatic carbocycles. The summed E-state index contributed by atoms with van der Waals surface area (Å²) >= 11 is 1.69. The van der Waals surface area contributed by atoms with Gasteiger partial charge in [0.1, 0.15) is 0 Å². The predicted octanol–water partition coefficient (Wildman–Crippen LogP) is 2.41. The summed E-state index contributed by atoms with van der Waals surface area (Å²) in [5.41, 5.74) is 6.90. The number of nitrogens with two attached hydrogens (primary N) is 1. The van der Waals surface area contributed by atoms with Crippen LogP contribution in [0, 0.1) is 0 Å². The number of hydrogen-bond acceptors (Lipinski definition) is 2. The maximum atomic E-state index is 5.65. The Bertz CT molecular complexity index is 239. The maximum absolute atomic E-state index is 5.65. The molecule has 66 valence electrons. The van der Waals surface area contributed by atoms with E-state index in [2.05, 4.69) is 28.7 Å². The monoisotopic (exact) mass is 182 g/mol. The normalized spacial score (nSPS) is 11.9. The minimum atomic E-state index is 0.731. The lowest BCUT2D eigenvalue weighted by Crippen LogP contribution is -2.10. The molecule has 0 bridgehead atoms. The fraction of sp³-hybridized carbons (Fsp3) is 0.444. The van der Waals surface area contributed by atoms with E-state index in [0.29, 0.717) is 0 Å². The Morgan fingerprint density at radius 1 is 1.67 bits per heavy atom. The summed E-state index contributed by atoms with van der Waals surface area (Å²) in [6.07, 6.45) is 1.98. The Balaban J connectivity index is 2.38. The molecule has 2 N–H and O–H groups in total. The highest BCUT2D eigenvalue weighted by molar-refractivity contribution is 7.07. The summed E-state index contributed by atoms with van der Waals surface area (Å²) in [7, 11) is 0. The van der Waals surface area contributed by atoms with Crippen molar-refractivity contribution < 1.29 is 0 Å². The third kappa shape index (κ3) is 3.05. The second kappa shape index (κ2) is 4.93. The van der Waals surface area contributed by atoms with Gasteiger partial charge in [0.25, 0.3) is 0 Å². The van der Waals surface area contributed by atoms with Gasteiger partial charge in [0.2, 0.25) is 0 Å². The van der Waals surface area contributed by atoms with Crippen LogP contribution in [0.15, 0.2) is 21.8 Å². The van der Waals surface area contributed by atoms with Crippen LogP contribution in [-0.4, -0.2) is 5.84 Å². The minimum absolute atomic E-state index is 0.731. The molecule has 0 aliphatic carbocycles. The lowest BCUT2D eigenvalue weighted by molar-refractivity contribution is 0.956. The first-order valence-corrected chi connectivity index (χ1v) is 5.07. The zero-order valence-electron chi connectivity index (χ0n) is 7.29. The van der Waals surface area contributed by atoms with E-state index in [-0.39, 0.29) is 0 Å². The van der Waals surface area contributed by atoms with Gasteiger partial charge < -0.3 is 5.73 Å². The van der Waals surface area contributed by atoms with Crippen LogP contribution in [0.3, 0.4) is 0 Å². The smallest absolute Gasteiger partial charge is 0.0941 e. The number of rotatable bonds is 4. The van der Waals surface area contributed by atoms with E-state index >= 15 is 0 Å². The summed E-state index contributed by atoms with van der Waals surface area (Å²) in [4.78, 5) is 4.26. The van der Waals surface area contributed by atoms with Crippen LogP contribution in [0.25, 0.3) is 0 Å². The molecule has 0 radical (unpaired) electrons. The molecule has 0 spiro atoms. The molecule has 0 fully saturated rings. The van der Waals surface area contributed by atoms with Gasteiger partial charge in [0.05, 0.1) is 12.4 Å². The zero-order valence-corrected chi connectivity index (χ0v) is 8.10. The van der Waals surface area contributed by atoms with E-state index in [1.807, 2.05) is 0 Å². The van der Waals surface area contributed by atoms with Crippen molar-refractivity contribution in [2.24, 2.45) is 10.7 Å². The Hall–Kier alpha value is -0.830. The molecule has 0 saturated carbocycles. The number of amidine groups is 1. The van der Waals surface area contributed by atoms with Crippen LogP contribution in [0.1, 0.15) is 25.3 Å². The zero-order chi connectivity index (χ0) is 8.81. The van der Waals surface area contributed by atoms with Gasteiger partial charge in [-0.15, -0.1) is 0 Å². The van der Waals surface area contributed by atoms with Crippen LogP contribution in [-0.2, 0) is 6.54 Å². The van der Waals surface area contributed by atoms with Crippen molar-refractivity contribution in [1.29, 1.82) is 0 Å². The quantitative estimate of drug-likeness (QED) is 0.563. The molecule has 0 saturated heterocycles. The molecule has 0 aliphatic rings. The van der Waals surface area contributed by atoms with Crippen molar-refractivity contribution in [3.05, 3.63) is 22.4 Å². The molecule has 2 nitrogen and oxygen atoms in total. The molecule has 1 rings (SSSR count). The van der Waals surface area contributed by atoms with E-state index in [4.69, 9.17) is 5.73 Å². The summed E-state index contributed by atoms with van der Waals surface area (Å²) in [5.74, 6) is 0.767. The average molecular weight is 182 g/mol. The summed E-state index contributed by atoms with van der Waals surface area (Å²) < 4.78 is 0. The molecule has 1 aromatic rings. The fourth-order valence-electron chi connectivity index (χ4n) is 0.911. The highest BCUT2D eigenvalue weighted by Gasteiger charge is 1.92. The lowest BCUT2D eigenvalue weighted by atomic mass is 10.3. The molecular weight excluding hydrogens is 168 g/mol. The van der Waals surface area contributed by atoms with Gasteiger partial charge in [0.15, 0.2) is 0 Å². The first-order chi connectivity index (χ1) is 5.83. The first kappa shape index (κ1) is 9.26. The van der Waals surface area contributed by atoms with Gasteiger partial charge in [-0.25, -0.2) is 0 Å². The van der Waals surface area contributed by atoms with Crippen molar-refractivity contribution in [3.63, 3.8) is 0 Å². The second-order valence-corrected chi connectivity index (χ2v) is 3.47. The van der Waals surface area contributed by atoms with Crippen molar-refractivity contribution in [1.82, 2.24) is 0 Å². The molecule has 1 heterocycles. The van der Waals surface area contributed by atoms with Crippen molar-refractivity contribution in [2.75, 3.05) is 0 Å². The van der Waals surface area contributed by atoms with Crippen molar-refractivity contribution in [2.45, 2.75) is 26.3 Å². The Morgan fingerprint density at radius 3 is 3.08 bits per heavy atom. The van der Waals surface area contributed by atoms with Gasteiger partial charge in [-0.2, -0.15) is 11.3 Å². The number of aliphatic imine (C=N–C) groups is 1. The third-order valence-electron chi connectivity index (χ3n) is 1.55. The van der Waals surface area contributed by atoms with Crippen LogP contribution in [0.4, 0.5) is 0 Å². The van der Waals surface area contributed by atoms with E-state index in [1.54, 1.807) is 11.3 Å². The van der Waals surface area contributed by atoms with Gasteiger partial charge in [-0.3, -0.25) is 4.99 Å². The molecule has 3 heteroatoms. The van der Waals surface area contributed by atoms with Gasteiger partial charge in [-0.05, 0) is 28.8 Å². The molecule has 0 aliphatic heterocycles. The maximum Gasteiger partial charge on any atom is 0.0941 e.